The van der Waals surface area contributed by atoms with E-state index in [0.717, 1.165) is 12.3 Å². The van der Waals surface area contributed by atoms with Gasteiger partial charge in [-0.05, 0) is 11.6 Å². The highest BCUT2D eigenvalue weighted by molar-refractivity contribution is 5.23. The minimum Gasteiger partial charge on any atom is -0.329 e. The molecule has 0 aliphatic carbocycles. The summed E-state index contributed by atoms with van der Waals surface area (Å²) in [6.45, 7) is -1.05. The number of halogens is 3. The van der Waals surface area contributed by atoms with Crippen molar-refractivity contribution in [2.24, 2.45) is 0 Å². The molecule has 5 heteroatoms. The second kappa shape index (κ2) is 3.42. The maximum Gasteiger partial charge on any atom is 0.269 e. The molecule has 12 heavy (non-hydrogen) atoms. The van der Waals surface area contributed by atoms with Crippen molar-refractivity contribution in [1.29, 1.82) is 0 Å². The van der Waals surface area contributed by atoms with Crippen molar-refractivity contribution in [2.75, 3.05) is 0 Å². The second-order valence-corrected chi connectivity index (χ2v) is 2.18. The first-order valence-electron chi connectivity index (χ1n) is 3.21. The molecule has 0 aliphatic rings. The molecular formula is C7H6F3NO. The Morgan fingerprint density at radius 1 is 1.50 bits per heavy atom. The molecular weight excluding hydrogens is 171 g/mol. The van der Waals surface area contributed by atoms with Crippen molar-refractivity contribution in [3.63, 3.8) is 0 Å². The van der Waals surface area contributed by atoms with E-state index in [-0.39, 0.29) is 5.56 Å². The molecule has 0 unspecified atom stereocenters. The topological polar surface area (TPSA) is 32.9 Å². The fourth-order valence-electron chi connectivity index (χ4n) is 0.887. The standard InChI is InChI=1S/C7H6F3NO/c8-3-4-1-2-11-7(12)5(4)6(9)10/h1-2,6H,3H2,(H,11,12). The van der Waals surface area contributed by atoms with Crippen LogP contribution >= 0.6 is 0 Å². The number of hydrogen-bond acceptors (Lipinski definition) is 1. The molecule has 0 spiro atoms. The molecule has 0 saturated heterocycles. The van der Waals surface area contributed by atoms with Crippen LogP contribution in [0.4, 0.5) is 13.2 Å². The van der Waals surface area contributed by atoms with Gasteiger partial charge in [0, 0.05) is 6.20 Å². The maximum atomic E-state index is 12.1. The van der Waals surface area contributed by atoms with Gasteiger partial charge in [-0.3, -0.25) is 4.79 Å². The van der Waals surface area contributed by atoms with Crippen LogP contribution in [-0.2, 0) is 6.67 Å². The maximum absolute atomic E-state index is 12.1. The van der Waals surface area contributed by atoms with E-state index in [1.54, 1.807) is 0 Å². The Morgan fingerprint density at radius 3 is 2.58 bits per heavy atom. The lowest BCUT2D eigenvalue weighted by Crippen LogP contribution is -2.14. The molecule has 1 rings (SSSR count). The van der Waals surface area contributed by atoms with Gasteiger partial charge in [0.2, 0.25) is 0 Å². The number of pyridine rings is 1. The van der Waals surface area contributed by atoms with Crippen molar-refractivity contribution in [1.82, 2.24) is 4.98 Å². The minimum atomic E-state index is -2.93. The molecule has 0 radical (unpaired) electrons. The smallest absolute Gasteiger partial charge is 0.269 e. The Hall–Kier alpha value is -1.26. The molecule has 0 bridgehead atoms. The zero-order valence-corrected chi connectivity index (χ0v) is 5.98. The van der Waals surface area contributed by atoms with Crippen LogP contribution in [0.25, 0.3) is 0 Å². The third-order valence-corrected chi connectivity index (χ3v) is 1.45. The van der Waals surface area contributed by atoms with E-state index in [2.05, 4.69) is 4.98 Å². The zero-order valence-electron chi connectivity index (χ0n) is 5.98. The highest BCUT2D eigenvalue weighted by atomic mass is 19.3. The quantitative estimate of drug-likeness (QED) is 0.733. The summed E-state index contributed by atoms with van der Waals surface area (Å²) in [4.78, 5) is 12.8. The van der Waals surface area contributed by atoms with Crippen LogP contribution in [0.15, 0.2) is 17.1 Å². The van der Waals surface area contributed by atoms with Crippen LogP contribution in [0.1, 0.15) is 17.6 Å². The van der Waals surface area contributed by atoms with Gasteiger partial charge < -0.3 is 4.98 Å². The third-order valence-electron chi connectivity index (χ3n) is 1.45. The summed E-state index contributed by atoms with van der Waals surface area (Å²) in [6, 6.07) is 1.13. The van der Waals surface area contributed by atoms with Gasteiger partial charge in [-0.25, -0.2) is 13.2 Å². The molecule has 1 aromatic heterocycles. The first-order valence-corrected chi connectivity index (χ1v) is 3.21. The minimum absolute atomic E-state index is 0.256. The highest BCUT2D eigenvalue weighted by Gasteiger charge is 2.16. The summed E-state index contributed by atoms with van der Waals surface area (Å²) in [6.07, 6.45) is -1.79. The number of H-pyrrole nitrogens is 1. The predicted molar refractivity (Wildman–Crippen MR) is 36.8 cm³/mol. The van der Waals surface area contributed by atoms with Gasteiger partial charge in [-0.15, -0.1) is 0 Å². The molecule has 0 atom stereocenters. The second-order valence-electron chi connectivity index (χ2n) is 2.18. The summed E-state index contributed by atoms with van der Waals surface area (Å²) < 4.78 is 36.2. The van der Waals surface area contributed by atoms with Gasteiger partial charge in [0.15, 0.2) is 0 Å². The lowest BCUT2D eigenvalue weighted by molar-refractivity contribution is 0.147. The summed E-state index contributed by atoms with van der Waals surface area (Å²) in [7, 11) is 0. The normalized spacial score (nSPS) is 10.7. The van der Waals surface area contributed by atoms with Crippen molar-refractivity contribution in [3.05, 3.63) is 33.7 Å². The Labute approximate surface area is 66.0 Å². The summed E-state index contributed by atoms with van der Waals surface area (Å²) >= 11 is 0. The molecule has 0 aromatic carbocycles. The number of nitrogens with one attached hydrogen (secondary N) is 1. The molecule has 66 valence electrons. The van der Waals surface area contributed by atoms with Gasteiger partial charge in [0.05, 0.1) is 5.56 Å². The van der Waals surface area contributed by atoms with Crippen molar-refractivity contribution in [3.8, 4) is 0 Å². The molecule has 1 aromatic rings. The largest absolute Gasteiger partial charge is 0.329 e. The zero-order chi connectivity index (χ0) is 9.14. The van der Waals surface area contributed by atoms with Crippen LogP contribution in [0.2, 0.25) is 0 Å². The Balaban J connectivity index is 3.30. The number of rotatable bonds is 2. The van der Waals surface area contributed by atoms with Crippen LogP contribution in [0.3, 0.4) is 0 Å². The first kappa shape index (κ1) is 8.83. The van der Waals surface area contributed by atoms with Crippen LogP contribution < -0.4 is 5.56 Å². The fraction of sp³-hybridized carbons (Fsp3) is 0.286. The van der Waals surface area contributed by atoms with E-state index in [1.807, 2.05) is 0 Å². The monoisotopic (exact) mass is 177 g/mol. The molecule has 1 heterocycles. The SMILES string of the molecule is O=c1[nH]ccc(CF)c1C(F)F. The van der Waals surface area contributed by atoms with Gasteiger partial charge in [-0.1, -0.05) is 0 Å². The third kappa shape index (κ3) is 1.49. The molecule has 0 saturated carbocycles. The molecule has 0 amide bonds. The summed E-state index contributed by atoms with van der Waals surface area (Å²) in [5, 5.41) is 0. The number of aromatic amines is 1. The number of hydrogen-bond donors (Lipinski definition) is 1. The van der Waals surface area contributed by atoms with Gasteiger partial charge in [-0.2, -0.15) is 0 Å². The Kier molecular flexibility index (Phi) is 2.52. The van der Waals surface area contributed by atoms with Crippen LogP contribution in [-0.4, -0.2) is 4.98 Å². The van der Waals surface area contributed by atoms with E-state index in [1.165, 1.54) is 0 Å². The van der Waals surface area contributed by atoms with E-state index >= 15 is 0 Å². The predicted octanol–water partition coefficient (Wildman–Crippen LogP) is 1.78. The van der Waals surface area contributed by atoms with Crippen LogP contribution in [0, 0.1) is 0 Å². The lowest BCUT2D eigenvalue weighted by atomic mass is 10.1. The highest BCUT2D eigenvalue weighted by Crippen LogP contribution is 2.18. The van der Waals surface area contributed by atoms with Gasteiger partial charge >= 0.3 is 0 Å². The summed E-state index contributed by atoms with van der Waals surface area (Å²) in [5.74, 6) is 0. The number of alkyl halides is 3. The van der Waals surface area contributed by atoms with E-state index < -0.39 is 24.2 Å². The summed E-state index contributed by atoms with van der Waals surface area (Å²) in [5.41, 5.74) is -1.96. The first-order chi connectivity index (χ1) is 5.66. The van der Waals surface area contributed by atoms with Gasteiger partial charge in [0.1, 0.15) is 6.67 Å². The Bertz CT molecular complexity index is 321. The van der Waals surface area contributed by atoms with Gasteiger partial charge in [0.25, 0.3) is 12.0 Å². The average Bonchev–Trinajstić information content (AvgIpc) is 2.03. The van der Waals surface area contributed by atoms with Crippen molar-refractivity contribution >= 4 is 0 Å². The van der Waals surface area contributed by atoms with Crippen LogP contribution in [0.5, 0.6) is 0 Å². The van der Waals surface area contributed by atoms with E-state index in [4.69, 9.17) is 0 Å². The molecule has 0 fully saturated rings. The van der Waals surface area contributed by atoms with Crippen molar-refractivity contribution < 1.29 is 13.2 Å². The van der Waals surface area contributed by atoms with Crippen molar-refractivity contribution in [2.45, 2.75) is 13.1 Å². The van der Waals surface area contributed by atoms with E-state index in [9.17, 15) is 18.0 Å². The number of aromatic nitrogens is 1. The molecule has 1 N–H and O–H groups in total. The molecule has 2 nitrogen and oxygen atoms in total. The average molecular weight is 177 g/mol. The Morgan fingerprint density at radius 2 is 2.17 bits per heavy atom. The molecule has 0 aliphatic heterocycles. The lowest BCUT2D eigenvalue weighted by Gasteiger charge is -2.02. The fourth-order valence-corrected chi connectivity index (χ4v) is 0.887. The van der Waals surface area contributed by atoms with E-state index in [0.29, 0.717) is 0 Å².